The summed E-state index contributed by atoms with van der Waals surface area (Å²) in [6.07, 6.45) is 5.67. The monoisotopic (exact) mass is 819 g/mol. The highest BCUT2D eigenvalue weighted by atomic mass is 16.5. The van der Waals surface area contributed by atoms with Crippen LogP contribution in [0.4, 0.5) is 0 Å². The Kier molecular flexibility index (Phi) is 22.3. The van der Waals surface area contributed by atoms with Crippen molar-refractivity contribution >= 4 is 35.7 Å². The number of aryl methyl sites for hydroxylation is 2. The maximum atomic E-state index is 13.3. The van der Waals surface area contributed by atoms with Crippen LogP contribution in [0, 0.1) is 0 Å². The molecule has 2 amide bonds. The fraction of sp³-hybridized carbons (Fsp3) is 0.550. The van der Waals surface area contributed by atoms with Gasteiger partial charge in [0, 0.05) is 19.6 Å². The van der Waals surface area contributed by atoms with Gasteiger partial charge < -0.3 is 41.4 Å². The lowest BCUT2D eigenvalue weighted by atomic mass is 10.0. The molecule has 0 radical (unpaired) electrons. The molecule has 0 aromatic heterocycles. The fourth-order valence-corrected chi connectivity index (χ4v) is 7.40. The molecule has 3 fully saturated rings. The van der Waals surface area contributed by atoms with Crippen LogP contribution in [0.15, 0.2) is 60.7 Å². The molecule has 0 bridgehead atoms. The fourth-order valence-electron chi connectivity index (χ4n) is 7.40. The maximum Gasteiger partial charge on any atom is 0.328 e. The zero-order chi connectivity index (χ0) is 39.9. The summed E-state index contributed by atoms with van der Waals surface area (Å²) in [6, 6.07) is 14.9. The Labute approximate surface area is 338 Å². The largest absolute Gasteiger partial charge is 0.480 e. The Morgan fingerprint density at radius 2 is 1.24 bits per heavy atom. The number of carboxylic acid groups (broad SMARTS) is 3. The molecule has 58 heavy (non-hydrogen) atoms. The molecule has 18 nitrogen and oxygen atoms in total. The average molecular weight is 820 g/mol. The van der Waals surface area contributed by atoms with Gasteiger partial charge in [0.25, 0.3) is 5.91 Å². The van der Waals surface area contributed by atoms with E-state index in [4.69, 9.17) is 4.74 Å². The number of ether oxygens (including phenoxy) is 1. The lowest BCUT2D eigenvalue weighted by molar-refractivity contribution is -0.174. The number of aliphatic carboxylic acids is 3. The third kappa shape index (κ3) is 14.4. The second kappa shape index (κ2) is 25.4. The number of carbonyl (C=O) groups is 6. The Bertz CT molecular complexity index is 1600. The number of hydrogen-bond donors (Lipinski definition) is 5. The summed E-state index contributed by atoms with van der Waals surface area (Å²) in [5.41, 5.74) is 2.13. The Balaban J connectivity index is 0.000000560. The zero-order valence-electron chi connectivity index (χ0n) is 33.2. The molecule has 324 valence electrons. The number of likely N-dealkylation sites (tertiary alicyclic amines) is 1. The van der Waals surface area contributed by atoms with Crippen LogP contribution in [0.1, 0.15) is 76.3 Å². The topological polar surface area (TPSA) is 301 Å². The van der Waals surface area contributed by atoms with Crippen molar-refractivity contribution in [2.24, 2.45) is 0 Å². The molecule has 3 saturated heterocycles. The summed E-state index contributed by atoms with van der Waals surface area (Å²) in [4.78, 5) is 74.1. The summed E-state index contributed by atoms with van der Waals surface area (Å²) in [5.74, 6) is -4.04. The van der Waals surface area contributed by atoms with Crippen LogP contribution in [-0.2, 0) is 46.3 Å². The quantitative estimate of drug-likeness (QED) is 0.142. The van der Waals surface area contributed by atoms with Gasteiger partial charge in [-0.1, -0.05) is 60.7 Å². The zero-order valence-corrected chi connectivity index (χ0v) is 33.2. The van der Waals surface area contributed by atoms with Crippen LogP contribution < -0.4 is 10.6 Å². The first kappa shape index (κ1) is 51.0. The minimum atomic E-state index is -1.02. The van der Waals surface area contributed by atoms with Crippen molar-refractivity contribution < 1.29 is 65.3 Å². The number of rotatable bonds is 16. The number of carboxylic acids is 3. The van der Waals surface area contributed by atoms with Crippen LogP contribution >= 0.6 is 0 Å². The highest BCUT2D eigenvalue weighted by Crippen LogP contribution is 2.25. The van der Waals surface area contributed by atoms with Gasteiger partial charge in [0.15, 0.2) is 0 Å². The molecule has 11 N–H and O–H groups in total. The van der Waals surface area contributed by atoms with E-state index in [0.717, 1.165) is 24.0 Å². The van der Waals surface area contributed by atoms with Crippen molar-refractivity contribution in [1.29, 1.82) is 0 Å². The number of benzene rings is 2. The Hall–Kier alpha value is -4.98. The van der Waals surface area contributed by atoms with Gasteiger partial charge in [0.1, 0.15) is 24.2 Å². The van der Waals surface area contributed by atoms with E-state index in [9.17, 15) is 44.1 Å². The number of esters is 1. The molecular weight excluding hydrogens is 758 g/mol. The number of amides is 2. The number of nitrogens with one attached hydrogen (secondary N) is 2. The minimum Gasteiger partial charge on any atom is -0.480 e. The van der Waals surface area contributed by atoms with Gasteiger partial charge >= 0.3 is 23.9 Å². The first-order chi connectivity index (χ1) is 26.4. The van der Waals surface area contributed by atoms with E-state index in [1.165, 1.54) is 9.91 Å². The van der Waals surface area contributed by atoms with Gasteiger partial charge in [-0.05, 0) is 89.2 Å². The summed E-state index contributed by atoms with van der Waals surface area (Å²) in [7, 11) is 0. The average Bonchev–Trinajstić information content (AvgIpc) is 3.62. The van der Waals surface area contributed by atoms with Crippen molar-refractivity contribution in [2.45, 2.75) is 114 Å². The van der Waals surface area contributed by atoms with E-state index in [1.54, 1.807) is 13.8 Å². The maximum absolute atomic E-state index is 13.3. The standard InChI is InChI=1S/C22H31N3O5.C18H24N2O5.3H2O/c1-2-30-22(29)18(13-12-16-8-4-3-5-9-16)23-17-10-6-14-24-15-7-11-19(21(27)28)25(24)20(17)26;1-12(16(21)20-11-5-8-15(20)18(24)25)19-14(17(22)23)10-9-13-6-3-2-4-7-13;;;/h3-5,8-9,17-19,23H,2,6-7,10-15H2,1H3,(H,27,28);2-4,6-7,12,14-15,19H,5,8-11H2,1H3,(H,22,23)(H,24,25);3*1H2/t17-,18-,19-;12-,14-,15-;;;/m00.../s1. The number of carbonyl (C=O) groups excluding carboxylic acids is 3. The third-order valence-electron chi connectivity index (χ3n) is 10.3. The predicted molar refractivity (Wildman–Crippen MR) is 212 cm³/mol. The van der Waals surface area contributed by atoms with Crippen molar-refractivity contribution in [1.82, 2.24) is 25.6 Å². The van der Waals surface area contributed by atoms with Crippen molar-refractivity contribution in [2.75, 3.05) is 26.2 Å². The molecule has 0 aliphatic carbocycles. The van der Waals surface area contributed by atoms with Gasteiger partial charge in [-0.2, -0.15) is 0 Å². The van der Waals surface area contributed by atoms with Gasteiger partial charge in [0.05, 0.1) is 18.7 Å². The van der Waals surface area contributed by atoms with E-state index in [2.05, 4.69) is 10.6 Å². The predicted octanol–water partition coefficient (Wildman–Crippen LogP) is 0.248. The van der Waals surface area contributed by atoms with E-state index in [-0.39, 0.29) is 40.8 Å². The number of hydrogen-bond acceptors (Lipinski definition) is 10. The van der Waals surface area contributed by atoms with Crippen LogP contribution in [0.2, 0.25) is 0 Å². The molecule has 2 aromatic carbocycles. The second-order valence-electron chi connectivity index (χ2n) is 14.2. The molecule has 3 aliphatic rings. The van der Waals surface area contributed by atoms with Crippen LogP contribution in [0.5, 0.6) is 0 Å². The Morgan fingerprint density at radius 3 is 1.76 bits per heavy atom. The van der Waals surface area contributed by atoms with Gasteiger partial charge in [-0.15, -0.1) is 0 Å². The van der Waals surface area contributed by atoms with Crippen molar-refractivity contribution in [3.63, 3.8) is 0 Å². The Morgan fingerprint density at radius 1 is 0.741 bits per heavy atom. The van der Waals surface area contributed by atoms with Gasteiger partial charge in [0.2, 0.25) is 5.91 Å². The molecule has 0 spiro atoms. The van der Waals surface area contributed by atoms with Crippen LogP contribution in [-0.4, -0.2) is 145 Å². The molecular formula is C40H61N5O13. The number of fused-ring (bicyclic) bond motifs is 1. The van der Waals surface area contributed by atoms with E-state index in [1.807, 2.05) is 65.7 Å². The van der Waals surface area contributed by atoms with Gasteiger partial charge in [-0.3, -0.25) is 34.8 Å². The summed E-state index contributed by atoms with van der Waals surface area (Å²) >= 11 is 0. The van der Waals surface area contributed by atoms with Crippen molar-refractivity contribution in [3.05, 3.63) is 71.8 Å². The highest BCUT2D eigenvalue weighted by molar-refractivity contribution is 5.88. The molecule has 0 unspecified atom stereocenters. The highest BCUT2D eigenvalue weighted by Gasteiger charge is 2.42. The smallest absolute Gasteiger partial charge is 0.328 e. The van der Waals surface area contributed by atoms with E-state index < -0.39 is 54.2 Å². The minimum absolute atomic E-state index is 0. The van der Waals surface area contributed by atoms with Gasteiger partial charge in [-0.25, -0.2) is 14.6 Å². The molecule has 3 heterocycles. The first-order valence-corrected chi connectivity index (χ1v) is 19.2. The van der Waals surface area contributed by atoms with Crippen molar-refractivity contribution in [3.8, 4) is 0 Å². The lowest BCUT2D eigenvalue weighted by Gasteiger charge is -2.42. The molecule has 6 atom stereocenters. The first-order valence-electron chi connectivity index (χ1n) is 19.2. The van der Waals surface area contributed by atoms with E-state index >= 15 is 0 Å². The molecule has 5 rings (SSSR count). The second-order valence-corrected chi connectivity index (χ2v) is 14.2. The molecule has 3 aliphatic heterocycles. The molecule has 18 heteroatoms. The van der Waals surface area contributed by atoms with Crippen LogP contribution in [0.3, 0.4) is 0 Å². The van der Waals surface area contributed by atoms with E-state index in [0.29, 0.717) is 71.0 Å². The summed E-state index contributed by atoms with van der Waals surface area (Å²) in [5, 5.41) is 37.5. The van der Waals surface area contributed by atoms with Crippen LogP contribution in [0.25, 0.3) is 0 Å². The third-order valence-corrected chi connectivity index (χ3v) is 10.3. The molecule has 2 aromatic rings. The number of nitrogens with zero attached hydrogens (tertiary/aromatic N) is 3. The SMILES string of the molecule is CCOC(=O)[C@H](CCc1ccccc1)N[C@H]1CCCN2CCC[C@@H](C(=O)O)N2C1=O.C[C@H](N[C@@H](CCc1ccccc1)C(=O)O)C(=O)N1CCC[C@H]1C(=O)O.O.O.O. The lowest BCUT2D eigenvalue weighted by Crippen LogP contribution is -2.61. The summed E-state index contributed by atoms with van der Waals surface area (Å²) < 4.78 is 5.24. The number of hydrazine groups is 1. The normalized spacial score (nSPS) is 20.4. The molecule has 0 saturated carbocycles. The summed E-state index contributed by atoms with van der Waals surface area (Å²) in [6.45, 7) is 5.31.